The van der Waals surface area contributed by atoms with Crippen molar-refractivity contribution in [1.29, 1.82) is 0 Å². The highest BCUT2D eigenvalue weighted by atomic mass is 32.1. The number of likely N-dealkylation sites (tertiary alicyclic amines) is 1. The first-order valence-corrected chi connectivity index (χ1v) is 17.8. The predicted molar refractivity (Wildman–Crippen MR) is 185 cm³/mol. The highest BCUT2D eigenvalue weighted by molar-refractivity contribution is 7.17. The molecule has 1 aliphatic heterocycles. The van der Waals surface area contributed by atoms with Crippen molar-refractivity contribution in [2.75, 3.05) is 6.54 Å². The van der Waals surface area contributed by atoms with Gasteiger partial charge in [0, 0.05) is 18.0 Å². The number of urea groups is 1. The largest absolute Gasteiger partial charge is 0.471 e. The summed E-state index contributed by atoms with van der Waals surface area (Å²) in [6.45, 7) is 12.8. The topological polar surface area (TPSA) is 198 Å². The van der Waals surface area contributed by atoms with Gasteiger partial charge in [0.15, 0.2) is 0 Å². The number of ketones is 1. The van der Waals surface area contributed by atoms with Gasteiger partial charge >= 0.3 is 6.03 Å². The molecule has 0 aromatic carbocycles. The molecule has 1 saturated heterocycles. The Bertz CT molecular complexity index is 1720. The van der Waals surface area contributed by atoms with Gasteiger partial charge in [0.05, 0.1) is 24.3 Å². The van der Waals surface area contributed by atoms with E-state index in [4.69, 9.17) is 9.15 Å². The van der Waals surface area contributed by atoms with Gasteiger partial charge in [-0.1, -0.05) is 34.1 Å². The minimum absolute atomic E-state index is 0.0220. The lowest BCUT2D eigenvalue weighted by atomic mass is 9.85. The van der Waals surface area contributed by atoms with Gasteiger partial charge in [-0.05, 0) is 56.9 Å². The fourth-order valence-corrected chi connectivity index (χ4v) is 6.43. The molecule has 4 heterocycles. The first-order valence-electron chi connectivity index (χ1n) is 16.9. The molecule has 5 amide bonds. The minimum Gasteiger partial charge on any atom is -0.471 e. The number of fused-ring (bicyclic) bond motifs is 1. The summed E-state index contributed by atoms with van der Waals surface area (Å²) in [7, 11) is 0. The molecule has 4 N–H and O–H groups in total. The van der Waals surface area contributed by atoms with Crippen LogP contribution >= 0.6 is 11.3 Å². The molecule has 0 spiro atoms. The van der Waals surface area contributed by atoms with E-state index in [1.807, 2.05) is 59.9 Å². The third-order valence-corrected chi connectivity index (χ3v) is 9.14. The third kappa shape index (κ3) is 8.94. The zero-order valence-electron chi connectivity index (χ0n) is 29.5. The van der Waals surface area contributed by atoms with Crippen LogP contribution in [0.4, 0.5) is 4.79 Å². The summed E-state index contributed by atoms with van der Waals surface area (Å²) >= 11 is 1.37. The zero-order valence-corrected chi connectivity index (χ0v) is 30.3. The number of aromatic nitrogens is 3. The van der Waals surface area contributed by atoms with Gasteiger partial charge in [-0.2, -0.15) is 4.98 Å². The quantitative estimate of drug-likeness (QED) is 0.202. The maximum atomic E-state index is 14.4. The van der Waals surface area contributed by atoms with E-state index in [1.165, 1.54) is 28.7 Å². The molecule has 1 saturated carbocycles. The zero-order chi connectivity index (χ0) is 36.4. The minimum atomic E-state index is -1.09. The van der Waals surface area contributed by atoms with E-state index in [0.29, 0.717) is 16.6 Å². The normalized spacial score (nSPS) is 19.1. The van der Waals surface area contributed by atoms with Crippen LogP contribution in [0.3, 0.4) is 0 Å². The van der Waals surface area contributed by atoms with E-state index in [2.05, 4.69) is 36.2 Å². The maximum absolute atomic E-state index is 14.4. The summed E-state index contributed by atoms with van der Waals surface area (Å²) < 4.78 is 12.5. The highest BCUT2D eigenvalue weighted by Crippen LogP contribution is 2.34. The number of nitrogens with zero attached hydrogens (tertiary/aromatic N) is 4. The first kappa shape index (κ1) is 36.7. The number of hydrogen-bond acceptors (Lipinski definition) is 11. The Morgan fingerprint density at radius 3 is 2.44 bits per heavy atom. The van der Waals surface area contributed by atoms with Crippen molar-refractivity contribution in [2.45, 2.75) is 116 Å². The fourth-order valence-electron chi connectivity index (χ4n) is 5.67. The van der Waals surface area contributed by atoms with Crippen molar-refractivity contribution >= 4 is 51.1 Å². The van der Waals surface area contributed by atoms with Crippen LogP contribution in [-0.2, 0) is 19.2 Å². The SMILES string of the molecule is CCC[C@H](NC(=O)[C@@H]1C[C@@H](Oc2nc(-c3ncco3)nc3ccsc23)CN1C(=O)[C@@H](NC(=O)NC(C)(C)C)C(C)(C)C)C(=O)C(=O)NC1CC1. The van der Waals surface area contributed by atoms with Crippen LogP contribution in [0.1, 0.15) is 80.6 Å². The molecule has 50 heavy (non-hydrogen) atoms. The van der Waals surface area contributed by atoms with Crippen molar-refractivity contribution in [3.05, 3.63) is 23.9 Å². The summed E-state index contributed by atoms with van der Waals surface area (Å²) in [5.74, 6) is -1.92. The molecule has 16 heteroatoms. The van der Waals surface area contributed by atoms with E-state index in [0.717, 1.165) is 12.8 Å². The van der Waals surface area contributed by atoms with Crippen LogP contribution in [0.25, 0.3) is 21.9 Å². The van der Waals surface area contributed by atoms with Crippen molar-refractivity contribution < 1.29 is 33.1 Å². The van der Waals surface area contributed by atoms with E-state index in [9.17, 15) is 24.0 Å². The summed E-state index contributed by atoms with van der Waals surface area (Å²) in [6, 6.07) is -1.94. The molecule has 5 rings (SSSR count). The second-order valence-corrected chi connectivity index (χ2v) is 15.8. The Labute approximate surface area is 294 Å². The summed E-state index contributed by atoms with van der Waals surface area (Å²) in [6.07, 6.45) is 4.62. The molecule has 2 fully saturated rings. The number of oxazole rings is 1. The third-order valence-electron chi connectivity index (χ3n) is 8.25. The van der Waals surface area contributed by atoms with Gasteiger partial charge in [-0.15, -0.1) is 11.3 Å². The average Bonchev–Trinajstić information content (AvgIpc) is 3.41. The number of rotatable bonds is 12. The van der Waals surface area contributed by atoms with Gasteiger partial charge in [0.1, 0.15) is 29.2 Å². The molecule has 270 valence electrons. The lowest BCUT2D eigenvalue weighted by molar-refractivity contribution is -0.144. The van der Waals surface area contributed by atoms with Gasteiger partial charge in [0.2, 0.25) is 29.3 Å². The molecule has 3 aromatic heterocycles. The molecule has 0 radical (unpaired) electrons. The van der Waals surface area contributed by atoms with E-state index in [1.54, 1.807) is 0 Å². The van der Waals surface area contributed by atoms with Gasteiger partial charge < -0.3 is 35.3 Å². The summed E-state index contributed by atoms with van der Waals surface area (Å²) in [5.41, 5.74) is -0.707. The molecule has 15 nitrogen and oxygen atoms in total. The van der Waals surface area contributed by atoms with Crippen LogP contribution in [0.15, 0.2) is 28.3 Å². The standard InChI is InChI=1S/C34H46N8O7S/c1-8-9-20(23(43)28(45)36-18-10-11-18)38-27(44)22-16-19(17-42(22)31(46)25(33(2,3)4)39-32(47)41-34(5,6)7)49-29-24-21(12-15-50-24)37-26(40-29)30-35-13-14-48-30/h12-15,18-20,22,25H,8-11,16-17H2,1-7H3,(H,36,45)(H,38,44)(H2,39,41,47)/t19-,20+,22+,25-/m1/s1. The van der Waals surface area contributed by atoms with Crippen molar-refractivity contribution in [3.63, 3.8) is 0 Å². The smallest absolute Gasteiger partial charge is 0.315 e. The molecule has 0 bridgehead atoms. The summed E-state index contributed by atoms with van der Waals surface area (Å²) in [5, 5.41) is 13.0. The first-order chi connectivity index (χ1) is 23.5. The number of ether oxygens (including phenoxy) is 1. The van der Waals surface area contributed by atoms with E-state index >= 15 is 0 Å². The van der Waals surface area contributed by atoms with E-state index in [-0.39, 0.29) is 43.0 Å². The van der Waals surface area contributed by atoms with Gasteiger partial charge in [-0.3, -0.25) is 19.2 Å². The average molecular weight is 711 g/mol. The molecule has 4 atom stereocenters. The maximum Gasteiger partial charge on any atom is 0.315 e. The Balaban J connectivity index is 1.44. The Morgan fingerprint density at radius 2 is 1.82 bits per heavy atom. The molecule has 2 aliphatic rings. The monoisotopic (exact) mass is 710 g/mol. The van der Waals surface area contributed by atoms with E-state index < -0.39 is 64.7 Å². The number of Topliss-reactive ketones (excluding diaryl/α,β-unsaturated/α-hetero) is 1. The molecular weight excluding hydrogens is 664 g/mol. The highest BCUT2D eigenvalue weighted by Gasteiger charge is 2.47. The number of amides is 5. The number of hydrogen-bond donors (Lipinski definition) is 4. The molecule has 1 aliphatic carbocycles. The van der Waals surface area contributed by atoms with Crippen LogP contribution in [0.5, 0.6) is 5.88 Å². The Morgan fingerprint density at radius 1 is 1.08 bits per heavy atom. The van der Waals surface area contributed by atoms with Gasteiger partial charge in [-0.25, -0.2) is 14.8 Å². The van der Waals surface area contributed by atoms with Crippen molar-refractivity contribution in [2.24, 2.45) is 5.41 Å². The fraction of sp³-hybridized carbons (Fsp3) is 0.588. The molecule has 3 aromatic rings. The van der Waals surface area contributed by atoms with Gasteiger partial charge in [0.25, 0.3) is 11.8 Å². The lowest BCUT2D eigenvalue weighted by Crippen LogP contribution is -2.61. The van der Waals surface area contributed by atoms with Crippen LogP contribution in [0.2, 0.25) is 0 Å². The number of carbonyl (C=O) groups is 5. The second kappa shape index (κ2) is 14.7. The Hall–Kier alpha value is -4.60. The van der Waals surface area contributed by atoms with Crippen molar-refractivity contribution in [3.8, 4) is 17.6 Å². The summed E-state index contributed by atoms with van der Waals surface area (Å²) in [4.78, 5) is 82.0. The molecular formula is C34H46N8O7S. The number of thiophene rings is 1. The van der Waals surface area contributed by atoms with Crippen LogP contribution < -0.4 is 26.0 Å². The predicted octanol–water partition coefficient (Wildman–Crippen LogP) is 3.34. The Kier molecular flexibility index (Phi) is 10.8. The van der Waals surface area contributed by atoms with Crippen LogP contribution in [0, 0.1) is 5.41 Å². The van der Waals surface area contributed by atoms with Crippen molar-refractivity contribution in [1.82, 2.24) is 41.1 Å². The lowest BCUT2D eigenvalue weighted by Gasteiger charge is -2.36. The second-order valence-electron chi connectivity index (χ2n) is 14.9. The number of carbonyl (C=O) groups excluding carboxylic acids is 5. The molecule has 0 unspecified atom stereocenters. The van der Waals surface area contributed by atoms with Crippen LogP contribution in [-0.4, -0.2) is 91.7 Å². The number of nitrogens with one attached hydrogen (secondary N) is 4.